The maximum absolute atomic E-state index is 12.3. The molecule has 0 heterocycles. The third-order valence-corrected chi connectivity index (χ3v) is 3.27. The molecule has 0 unspecified atom stereocenters. The van der Waals surface area contributed by atoms with E-state index in [0.29, 0.717) is 0 Å². The molecule has 0 aliphatic rings. The number of carbonyl (C=O) groups is 2. The van der Waals surface area contributed by atoms with Crippen molar-refractivity contribution in [1.82, 2.24) is 0 Å². The first-order chi connectivity index (χ1) is 9.81. The Morgan fingerprint density at radius 2 is 1.62 bits per heavy atom. The number of benzene rings is 2. The van der Waals surface area contributed by atoms with E-state index in [9.17, 15) is 19.8 Å². The summed E-state index contributed by atoms with van der Waals surface area (Å²) in [7, 11) is 0. The van der Waals surface area contributed by atoms with Gasteiger partial charge in [-0.15, -0.1) is 0 Å². The number of phenolic OH excluding ortho intramolecular Hbond substituents is 1. The lowest BCUT2D eigenvalue weighted by atomic mass is 10.0. The predicted octanol–water partition coefficient (Wildman–Crippen LogP) is 3.33. The first-order valence-electron chi connectivity index (χ1n) is 5.60. The molecule has 2 aromatic carbocycles. The maximum atomic E-state index is 12.3. The fraction of sp³-hybridized carbons (Fsp3) is 0. The molecule has 7 heteroatoms. The van der Waals surface area contributed by atoms with E-state index in [0.717, 1.165) is 12.1 Å². The zero-order valence-electron chi connectivity index (χ0n) is 10.3. The molecule has 0 bridgehead atoms. The van der Waals surface area contributed by atoms with Crippen LogP contribution in [0.3, 0.4) is 0 Å². The molecular formula is C14H8Cl2O5. The SMILES string of the molecule is O=C(O)c1ccc(C(=O)c2cc(Cl)cc(Cl)c2O)cc1O. The molecule has 108 valence electrons. The van der Waals surface area contributed by atoms with Crippen molar-refractivity contribution in [3.8, 4) is 11.5 Å². The topological polar surface area (TPSA) is 94.8 Å². The number of ketones is 1. The van der Waals surface area contributed by atoms with Crippen LogP contribution >= 0.6 is 23.2 Å². The van der Waals surface area contributed by atoms with Gasteiger partial charge in [-0.05, 0) is 30.3 Å². The van der Waals surface area contributed by atoms with Crippen molar-refractivity contribution < 1.29 is 24.9 Å². The minimum absolute atomic E-state index is 0.00821. The van der Waals surface area contributed by atoms with Crippen LogP contribution in [-0.4, -0.2) is 27.1 Å². The van der Waals surface area contributed by atoms with E-state index < -0.39 is 23.3 Å². The van der Waals surface area contributed by atoms with Crippen LogP contribution < -0.4 is 0 Å². The standard InChI is InChI=1S/C14H8Cl2O5/c15-7-4-9(13(19)10(16)5-7)12(18)6-1-2-8(14(20)21)11(17)3-6/h1-5,17,19H,(H,20,21). The van der Waals surface area contributed by atoms with Crippen LogP contribution in [0.4, 0.5) is 0 Å². The number of rotatable bonds is 3. The lowest BCUT2D eigenvalue weighted by Gasteiger charge is -2.08. The van der Waals surface area contributed by atoms with E-state index >= 15 is 0 Å². The summed E-state index contributed by atoms with van der Waals surface area (Å²) in [6.07, 6.45) is 0. The van der Waals surface area contributed by atoms with Crippen molar-refractivity contribution in [2.45, 2.75) is 0 Å². The smallest absolute Gasteiger partial charge is 0.339 e. The maximum Gasteiger partial charge on any atom is 0.339 e. The fourth-order valence-corrected chi connectivity index (χ4v) is 2.24. The highest BCUT2D eigenvalue weighted by molar-refractivity contribution is 6.36. The summed E-state index contributed by atoms with van der Waals surface area (Å²) in [6.45, 7) is 0. The molecule has 0 saturated heterocycles. The van der Waals surface area contributed by atoms with Gasteiger partial charge in [0.1, 0.15) is 17.1 Å². The molecular weight excluding hydrogens is 319 g/mol. The molecule has 0 saturated carbocycles. The Morgan fingerprint density at radius 3 is 2.19 bits per heavy atom. The molecule has 0 amide bonds. The van der Waals surface area contributed by atoms with Crippen LogP contribution in [0.2, 0.25) is 10.0 Å². The summed E-state index contributed by atoms with van der Waals surface area (Å²) < 4.78 is 0. The Morgan fingerprint density at radius 1 is 0.952 bits per heavy atom. The van der Waals surface area contributed by atoms with Gasteiger partial charge in [0.15, 0.2) is 5.78 Å². The molecule has 0 fully saturated rings. The first kappa shape index (κ1) is 15.2. The highest BCUT2D eigenvalue weighted by Gasteiger charge is 2.19. The second-order valence-electron chi connectivity index (χ2n) is 4.15. The molecule has 0 spiro atoms. The monoisotopic (exact) mass is 326 g/mol. The Balaban J connectivity index is 2.51. The quantitative estimate of drug-likeness (QED) is 0.752. The number of carboxylic acid groups (broad SMARTS) is 1. The normalized spacial score (nSPS) is 10.4. The zero-order valence-corrected chi connectivity index (χ0v) is 11.8. The molecule has 2 aromatic rings. The Hall–Kier alpha value is -2.24. The third kappa shape index (κ3) is 2.94. The van der Waals surface area contributed by atoms with Crippen LogP contribution in [0.1, 0.15) is 26.3 Å². The van der Waals surface area contributed by atoms with Crippen molar-refractivity contribution in [3.63, 3.8) is 0 Å². The van der Waals surface area contributed by atoms with Crippen LogP contribution in [0, 0.1) is 0 Å². The largest absolute Gasteiger partial charge is 0.507 e. The van der Waals surface area contributed by atoms with Crippen molar-refractivity contribution in [2.24, 2.45) is 0 Å². The summed E-state index contributed by atoms with van der Waals surface area (Å²) in [4.78, 5) is 23.1. The summed E-state index contributed by atoms with van der Waals surface area (Å²) in [6, 6.07) is 5.82. The number of hydrogen-bond donors (Lipinski definition) is 3. The summed E-state index contributed by atoms with van der Waals surface area (Å²) in [5, 5.41) is 28.3. The molecule has 0 aromatic heterocycles. The van der Waals surface area contributed by atoms with Crippen LogP contribution in [0.5, 0.6) is 11.5 Å². The van der Waals surface area contributed by atoms with Gasteiger partial charge in [-0.2, -0.15) is 0 Å². The number of carbonyl (C=O) groups excluding carboxylic acids is 1. The number of phenols is 2. The van der Waals surface area contributed by atoms with E-state index in [1.165, 1.54) is 18.2 Å². The van der Waals surface area contributed by atoms with Gasteiger partial charge in [-0.3, -0.25) is 4.79 Å². The summed E-state index contributed by atoms with van der Waals surface area (Å²) in [5.74, 6) is -2.96. The van der Waals surface area contributed by atoms with E-state index in [1.807, 2.05) is 0 Å². The van der Waals surface area contributed by atoms with E-state index in [4.69, 9.17) is 28.3 Å². The molecule has 0 aliphatic heterocycles. The second kappa shape index (κ2) is 5.63. The van der Waals surface area contributed by atoms with Gasteiger partial charge in [0, 0.05) is 10.6 Å². The van der Waals surface area contributed by atoms with E-state index in [-0.39, 0.29) is 26.7 Å². The minimum atomic E-state index is -1.32. The van der Waals surface area contributed by atoms with Gasteiger partial charge in [0.05, 0.1) is 10.6 Å². The molecule has 0 radical (unpaired) electrons. The van der Waals surface area contributed by atoms with Crippen LogP contribution in [-0.2, 0) is 0 Å². The predicted molar refractivity (Wildman–Crippen MR) is 76.6 cm³/mol. The molecule has 21 heavy (non-hydrogen) atoms. The van der Waals surface area contributed by atoms with Gasteiger partial charge >= 0.3 is 5.97 Å². The number of aromatic carboxylic acids is 1. The average Bonchev–Trinajstić information content (AvgIpc) is 2.41. The Labute approximate surface area is 129 Å². The number of halogens is 2. The van der Waals surface area contributed by atoms with E-state index in [1.54, 1.807) is 0 Å². The Kier molecular flexibility index (Phi) is 4.06. The summed E-state index contributed by atoms with van der Waals surface area (Å²) >= 11 is 11.5. The molecule has 0 atom stereocenters. The molecule has 2 rings (SSSR count). The minimum Gasteiger partial charge on any atom is -0.507 e. The van der Waals surface area contributed by atoms with Crippen LogP contribution in [0.25, 0.3) is 0 Å². The Bertz CT molecular complexity index is 755. The fourth-order valence-electron chi connectivity index (χ4n) is 1.75. The average molecular weight is 327 g/mol. The summed E-state index contributed by atoms with van der Waals surface area (Å²) in [5.41, 5.74) is -0.485. The van der Waals surface area contributed by atoms with Gasteiger partial charge in [-0.25, -0.2) is 4.79 Å². The third-order valence-electron chi connectivity index (χ3n) is 2.76. The van der Waals surface area contributed by atoms with Gasteiger partial charge in [0.25, 0.3) is 0 Å². The van der Waals surface area contributed by atoms with Crippen molar-refractivity contribution in [1.29, 1.82) is 0 Å². The molecule has 3 N–H and O–H groups in total. The van der Waals surface area contributed by atoms with E-state index in [2.05, 4.69) is 0 Å². The highest BCUT2D eigenvalue weighted by Crippen LogP contribution is 2.33. The van der Waals surface area contributed by atoms with Crippen LogP contribution in [0.15, 0.2) is 30.3 Å². The van der Waals surface area contributed by atoms with Crippen molar-refractivity contribution >= 4 is 35.0 Å². The zero-order chi connectivity index (χ0) is 15.7. The molecule has 0 aliphatic carbocycles. The number of hydrogen-bond acceptors (Lipinski definition) is 4. The number of carboxylic acids is 1. The molecule has 5 nitrogen and oxygen atoms in total. The second-order valence-corrected chi connectivity index (χ2v) is 4.99. The lowest BCUT2D eigenvalue weighted by molar-refractivity contribution is 0.0693. The van der Waals surface area contributed by atoms with Crippen molar-refractivity contribution in [3.05, 3.63) is 57.1 Å². The first-order valence-corrected chi connectivity index (χ1v) is 6.36. The van der Waals surface area contributed by atoms with Gasteiger partial charge in [-0.1, -0.05) is 23.2 Å². The van der Waals surface area contributed by atoms with Crippen molar-refractivity contribution in [2.75, 3.05) is 0 Å². The van der Waals surface area contributed by atoms with Gasteiger partial charge in [0.2, 0.25) is 0 Å². The lowest BCUT2D eigenvalue weighted by Crippen LogP contribution is -2.04. The number of aromatic hydroxyl groups is 2. The van der Waals surface area contributed by atoms with Gasteiger partial charge < -0.3 is 15.3 Å². The highest BCUT2D eigenvalue weighted by atomic mass is 35.5.